The topological polar surface area (TPSA) is 69.2 Å². The Morgan fingerprint density at radius 2 is 2.31 bits per heavy atom. The predicted molar refractivity (Wildman–Crippen MR) is 55.7 cm³/mol. The van der Waals surface area contributed by atoms with E-state index >= 15 is 0 Å². The van der Waals surface area contributed by atoms with Gasteiger partial charge in [0, 0.05) is 0 Å². The maximum absolute atomic E-state index is 10.7. The van der Waals surface area contributed by atoms with Crippen LogP contribution in [0.1, 0.15) is 5.56 Å². The van der Waals surface area contributed by atoms with Crippen LogP contribution in [0, 0.1) is 0 Å². The highest BCUT2D eigenvalue weighted by Crippen LogP contribution is 2.31. The van der Waals surface area contributed by atoms with Gasteiger partial charge in [-0.25, -0.2) is 10.2 Å². The molecule has 1 aliphatic rings. The molecule has 84 valence electrons. The Morgan fingerprint density at radius 3 is 3.12 bits per heavy atom. The number of amides is 1. The number of hydrazone groups is 1. The summed E-state index contributed by atoms with van der Waals surface area (Å²) >= 11 is 0. The number of hydrogen-bond donors (Lipinski definition) is 1. The van der Waals surface area contributed by atoms with Crippen molar-refractivity contribution in [1.29, 1.82) is 0 Å². The summed E-state index contributed by atoms with van der Waals surface area (Å²) in [6.07, 6.45) is 0.871. The summed E-state index contributed by atoms with van der Waals surface area (Å²) in [6, 6.07) is 5.35. The Morgan fingerprint density at radius 1 is 1.50 bits per heavy atom. The Bertz CT molecular complexity index is 431. The third-order valence-electron chi connectivity index (χ3n) is 1.95. The lowest BCUT2D eigenvalue weighted by Crippen LogP contribution is -2.16. The van der Waals surface area contributed by atoms with Crippen molar-refractivity contribution in [2.75, 3.05) is 13.9 Å². The molecule has 0 bridgehead atoms. The van der Waals surface area contributed by atoms with Gasteiger partial charge >= 0.3 is 6.09 Å². The van der Waals surface area contributed by atoms with Crippen LogP contribution in [0.25, 0.3) is 0 Å². The Balaban J connectivity index is 2.02. The third kappa shape index (κ3) is 2.22. The monoisotopic (exact) mass is 222 g/mol. The fourth-order valence-corrected chi connectivity index (χ4v) is 1.20. The number of benzene rings is 1. The molecular formula is C10H10N2O4. The summed E-state index contributed by atoms with van der Waals surface area (Å²) < 4.78 is 14.7. The number of methoxy groups -OCH3 is 1. The lowest BCUT2D eigenvalue weighted by molar-refractivity contribution is 0.171. The van der Waals surface area contributed by atoms with E-state index in [0.717, 1.165) is 5.56 Å². The maximum atomic E-state index is 10.7. The molecule has 0 aromatic heterocycles. The molecule has 1 aromatic carbocycles. The standard InChI is InChI=1S/C10H10N2O4/c1-14-10(13)12-11-5-7-2-3-8-9(4-7)16-6-15-8/h2-5H,6H2,1H3,(H,12,13). The number of nitrogens with one attached hydrogen (secondary N) is 1. The average Bonchev–Trinajstić information content (AvgIpc) is 2.76. The van der Waals surface area contributed by atoms with Crippen molar-refractivity contribution >= 4 is 12.3 Å². The zero-order chi connectivity index (χ0) is 11.4. The smallest absolute Gasteiger partial charge is 0.427 e. The number of ether oxygens (including phenoxy) is 3. The molecule has 1 heterocycles. The molecule has 1 N–H and O–H groups in total. The summed E-state index contributed by atoms with van der Waals surface area (Å²) in [6.45, 7) is 0.232. The highest BCUT2D eigenvalue weighted by Gasteiger charge is 2.12. The number of carbonyl (C=O) groups excluding carboxylic acids is 1. The molecule has 1 aromatic rings. The van der Waals surface area contributed by atoms with Crippen LogP contribution < -0.4 is 14.9 Å². The molecule has 6 heteroatoms. The first-order chi connectivity index (χ1) is 7.79. The highest BCUT2D eigenvalue weighted by atomic mass is 16.7. The molecule has 0 saturated heterocycles. The number of nitrogens with zero attached hydrogens (tertiary/aromatic N) is 1. The third-order valence-corrected chi connectivity index (χ3v) is 1.95. The van der Waals surface area contributed by atoms with E-state index in [-0.39, 0.29) is 6.79 Å². The van der Waals surface area contributed by atoms with Crippen LogP contribution in [0.2, 0.25) is 0 Å². The molecule has 16 heavy (non-hydrogen) atoms. The Hall–Kier alpha value is -2.24. The van der Waals surface area contributed by atoms with Crippen LogP contribution in [0.3, 0.4) is 0 Å². The Kier molecular flexibility index (Phi) is 2.90. The van der Waals surface area contributed by atoms with Gasteiger partial charge in [0.1, 0.15) is 0 Å². The van der Waals surface area contributed by atoms with Crippen LogP contribution in [-0.4, -0.2) is 26.2 Å². The summed E-state index contributed by atoms with van der Waals surface area (Å²) in [4.78, 5) is 10.7. The largest absolute Gasteiger partial charge is 0.454 e. The fraction of sp³-hybridized carbons (Fsp3) is 0.200. The number of carbonyl (C=O) groups is 1. The van der Waals surface area contributed by atoms with Gasteiger partial charge in [-0.05, 0) is 23.8 Å². The van der Waals surface area contributed by atoms with Crippen LogP contribution in [0.4, 0.5) is 4.79 Å². The lowest BCUT2D eigenvalue weighted by Gasteiger charge is -1.98. The SMILES string of the molecule is COC(=O)NN=Cc1ccc2c(c1)OCO2. The van der Waals surface area contributed by atoms with Gasteiger partial charge in [0.15, 0.2) is 11.5 Å². The average molecular weight is 222 g/mol. The number of fused-ring (bicyclic) bond motifs is 1. The molecule has 1 amide bonds. The minimum absolute atomic E-state index is 0.232. The second-order valence-electron chi connectivity index (χ2n) is 2.97. The van der Waals surface area contributed by atoms with E-state index in [1.807, 2.05) is 0 Å². The van der Waals surface area contributed by atoms with Crippen LogP contribution in [0.15, 0.2) is 23.3 Å². The number of hydrogen-bond acceptors (Lipinski definition) is 5. The van der Waals surface area contributed by atoms with Crippen molar-refractivity contribution in [2.24, 2.45) is 5.10 Å². The normalized spacial score (nSPS) is 12.8. The zero-order valence-electron chi connectivity index (χ0n) is 8.60. The molecule has 1 aliphatic heterocycles. The van der Waals surface area contributed by atoms with Crippen molar-refractivity contribution in [3.63, 3.8) is 0 Å². The Labute approximate surface area is 91.8 Å². The van der Waals surface area contributed by atoms with E-state index in [9.17, 15) is 4.79 Å². The molecule has 0 spiro atoms. The van der Waals surface area contributed by atoms with Gasteiger partial charge in [-0.1, -0.05) is 0 Å². The first kappa shape index (κ1) is 10.3. The molecule has 6 nitrogen and oxygen atoms in total. The summed E-state index contributed by atoms with van der Waals surface area (Å²) in [5.41, 5.74) is 2.98. The summed E-state index contributed by atoms with van der Waals surface area (Å²) in [5, 5.41) is 3.69. The van der Waals surface area contributed by atoms with Crippen molar-refractivity contribution in [2.45, 2.75) is 0 Å². The fourth-order valence-electron chi connectivity index (χ4n) is 1.20. The van der Waals surface area contributed by atoms with Crippen molar-refractivity contribution in [3.8, 4) is 11.5 Å². The predicted octanol–water partition coefficient (Wildman–Crippen LogP) is 1.11. The van der Waals surface area contributed by atoms with Gasteiger partial charge in [0.2, 0.25) is 6.79 Å². The first-order valence-corrected chi connectivity index (χ1v) is 4.56. The molecule has 0 unspecified atom stereocenters. The van der Waals surface area contributed by atoms with Gasteiger partial charge < -0.3 is 14.2 Å². The summed E-state index contributed by atoms with van der Waals surface area (Å²) in [5.74, 6) is 1.38. The lowest BCUT2D eigenvalue weighted by atomic mass is 10.2. The second kappa shape index (κ2) is 4.52. The maximum Gasteiger partial charge on any atom is 0.427 e. The van der Waals surface area contributed by atoms with Gasteiger partial charge in [-0.3, -0.25) is 0 Å². The molecule has 0 aliphatic carbocycles. The first-order valence-electron chi connectivity index (χ1n) is 4.56. The quantitative estimate of drug-likeness (QED) is 0.601. The second-order valence-corrected chi connectivity index (χ2v) is 2.97. The van der Waals surface area contributed by atoms with E-state index < -0.39 is 6.09 Å². The van der Waals surface area contributed by atoms with Crippen LogP contribution in [-0.2, 0) is 4.74 Å². The van der Waals surface area contributed by atoms with E-state index in [1.165, 1.54) is 13.3 Å². The number of rotatable bonds is 2. The minimum atomic E-state index is -0.614. The van der Waals surface area contributed by atoms with Gasteiger partial charge in [0.05, 0.1) is 13.3 Å². The highest BCUT2D eigenvalue weighted by molar-refractivity contribution is 5.82. The van der Waals surface area contributed by atoms with E-state index in [4.69, 9.17) is 9.47 Å². The van der Waals surface area contributed by atoms with Crippen LogP contribution >= 0.6 is 0 Å². The van der Waals surface area contributed by atoms with E-state index in [1.54, 1.807) is 18.2 Å². The van der Waals surface area contributed by atoms with Crippen molar-refractivity contribution < 1.29 is 19.0 Å². The van der Waals surface area contributed by atoms with Gasteiger partial charge in [-0.2, -0.15) is 5.10 Å². The molecule has 0 fully saturated rings. The van der Waals surface area contributed by atoms with Crippen LogP contribution in [0.5, 0.6) is 11.5 Å². The van der Waals surface area contributed by atoms with Crippen molar-refractivity contribution in [3.05, 3.63) is 23.8 Å². The zero-order valence-corrected chi connectivity index (χ0v) is 8.60. The van der Waals surface area contributed by atoms with E-state index in [0.29, 0.717) is 11.5 Å². The van der Waals surface area contributed by atoms with Crippen molar-refractivity contribution in [1.82, 2.24) is 5.43 Å². The molecule has 0 saturated carbocycles. The minimum Gasteiger partial charge on any atom is -0.454 e. The molecular weight excluding hydrogens is 212 g/mol. The van der Waals surface area contributed by atoms with Gasteiger partial charge in [0.25, 0.3) is 0 Å². The van der Waals surface area contributed by atoms with E-state index in [2.05, 4.69) is 15.3 Å². The summed E-state index contributed by atoms with van der Waals surface area (Å²) in [7, 11) is 1.27. The molecule has 0 radical (unpaired) electrons. The van der Waals surface area contributed by atoms with Gasteiger partial charge in [-0.15, -0.1) is 0 Å². The molecule has 0 atom stereocenters. The molecule has 2 rings (SSSR count).